The van der Waals surface area contributed by atoms with Crippen molar-refractivity contribution in [2.24, 2.45) is 22.2 Å². The quantitative estimate of drug-likeness (QED) is 0.0522. The number of nitrogens with one attached hydrogen (secondary N) is 8. The van der Waals surface area contributed by atoms with E-state index in [4.69, 9.17) is 17.2 Å². The first-order chi connectivity index (χ1) is 32.2. The predicted octanol–water partition coefficient (Wildman–Crippen LogP) is -0.474. The number of hydrogen-bond acceptors (Lipinski definition) is 9. The van der Waals surface area contributed by atoms with E-state index in [0.717, 1.165) is 22.0 Å². The zero-order valence-electron chi connectivity index (χ0n) is 37.3. The van der Waals surface area contributed by atoms with Crippen LogP contribution in [-0.4, -0.2) is 108 Å². The lowest BCUT2D eigenvalue weighted by Crippen LogP contribution is -2.60. The molecule has 1 aromatic heterocycles. The number of amides is 8. The van der Waals surface area contributed by atoms with Gasteiger partial charge in [0.1, 0.15) is 30.2 Å². The van der Waals surface area contributed by atoms with Gasteiger partial charge in [-0.2, -0.15) is 0 Å². The number of nitrogens with zero attached hydrogens (tertiary/aromatic N) is 1. The molecule has 0 saturated carbocycles. The molecule has 0 radical (unpaired) electrons. The summed E-state index contributed by atoms with van der Waals surface area (Å²) in [6, 6.07) is 19.1. The van der Waals surface area contributed by atoms with Gasteiger partial charge in [-0.15, -0.1) is 0 Å². The molecule has 3 aromatic carbocycles. The van der Waals surface area contributed by atoms with Crippen molar-refractivity contribution in [1.82, 2.24) is 42.2 Å². The molecule has 0 aliphatic carbocycles. The first-order valence-corrected chi connectivity index (χ1v) is 22.2. The SMILES string of the molecule is CC(=O)N[C@H]1CC(=O)NC[C@@H](C(N)=O)NC(=O)[C@H](Cc2c[nH]c3ccccc23)NC(=O)[C@H](CCCN=C(N)N)NC(=O)[C@@H](Cc2ccccc2)NC(=O)CC[C@H](c2ccccc2)CCNC1=O. The number of aromatic amines is 1. The molecule has 1 aliphatic rings. The van der Waals surface area contributed by atoms with Crippen molar-refractivity contribution in [3.8, 4) is 0 Å². The minimum atomic E-state index is -1.50. The lowest BCUT2D eigenvalue weighted by atomic mass is 9.91. The Morgan fingerprint density at radius 3 is 2.04 bits per heavy atom. The zero-order valence-corrected chi connectivity index (χ0v) is 37.3. The Morgan fingerprint density at radius 1 is 0.701 bits per heavy atom. The van der Waals surface area contributed by atoms with E-state index in [1.54, 1.807) is 36.5 Å². The minimum Gasteiger partial charge on any atom is -0.370 e. The molecule has 0 unspecified atom stereocenters. The maximum absolute atomic E-state index is 14.4. The van der Waals surface area contributed by atoms with Crippen molar-refractivity contribution in [2.75, 3.05) is 19.6 Å². The molecular formula is C47H60N12O8. The number of carbonyl (C=O) groups is 8. The maximum Gasteiger partial charge on any atom is 0.243 e. The fourth-order valence-corrected chi connectivity index (χ4v) is 7.80. The largest absolute Gasteiger partial charge is 0.370 e. The molecule has 8 amide bonds. The van der Waals surface area contributed by atoms with Crippen LogP contribution in [0.4, 0.5) is 0 Å². The van der Waals surface area contributed by atoms with E-state index in [-0.39, 0.29) is 57.1 Å². The second-order valence-electron chi connectivity index (χ2n) is 16.4. The Kier molecular flexibility index (Phi) is 18.8. The van der Waals surface area contributed by atoms with Crippen LogP contribution in [0.15, 0.2) is 96.1 Å². The molecule has 5 rings (SSSR count). The number of para-hydroxylation sites is 1. The Hall–Kier alpha value is -7.77. The van der Waals surface area contributed by atoms with E-state index < -0.39 is 90.4 Å². The van der Waals surface area contributed by atoms with E-state index in [2.05, 4.69) is 47.2 Å². The molecule has 6 atom stereocenters. The summed E-state index contributed by atoms with van der Waals surface area (Å²) in [5.41, 5.74) is 19.8. The van der Waals surface area contributed by atoms with Gasteiger partial charge in [-0.1, -0.05) is 78.9 Å². The second kappa shape index (κ2) is 25.1. The number of benzene rings is 3. The lowest BCUT2D eigenvalue weighted by Gasteiger charge is -2.27. The van der Waals surface area contributed by atoms with Crippen molar-refractivity contribution in [3.63, 3.8) is 0 Å². The van der Waals surface area contributed by atoms with Gasteiger partial charge in [-0.3, -0.25) is 43.3 Å². The topological polar surface area (TPSA) is 327 Å². The molecule has 67 heavy (non-hydrogen) atoms. The number of rotatable bonds is 11. The van der Waals surface area contributed by atoms with E-state index in [9.17, 15) is 38.4 Å². The van der Waals surface area contributed by atoms with Crippen LogP contribution in [0.3, 0.4) is 0 Å². The molecule has 1 aliphatic heterocycles. The molecule has 2 heterocycles. The molecule has 20 heteroatoms. The molecule has 356 valence electrons. The van der Waals surface area contributed by atoms with Gasteiger partial charge < -0.3 is 59.4 Å². The number of aromatic nitrogens is 1. The third kappa shape index (κ3) is 16.0. The third-order valence-corrected chi connectivity index (χ3v) is 11.3. The summed E-state index contributed by atoms with van der Waals surface area (Å²) < 4.78 is 0. The van der Waals surface area contributed by atoms with Crippen LogP contribution < -0.4 is 54.4 Å². The molecule has 1 saturated heterocycles. The van der Waals surface area contributed by atoms with Crippen molar-refractivity contribution < 1.29 is 38.4 Å². The second-order valence-corrected chi connectivity index (χ2v) is 16.4. The van der Waals surface area contributed by atoms with E-state index in [1.807, 2.05) is 54.6 Å². The molecule has 20 nitrogen and oxygen atoms in total. The monoisotopic (exact) mass is 920 g/mol. The first kappa shape index (κ1) is 50.2. The summed E-state index contributed by atoms with van der Waals surface area (Å²) in [6.45, 7) is 0.910. The predicted molar refractivity (Wildman–Crippen MR) is 250 cm³/mol. The summed E-state index contributed by atoms with van der Waals surface area (Å²) in [4.78, 5) is 116. The van der Waals surface area contributed by atoms with Crippen LogP contribution in [-0.2, 0) is 51.2 Å². The van der Waals surface area contributed by atoms with Gasteiger partial charge in [0.2, 0.25) is 47.3 Å². The van der Waals surface area contributed by atoms with Crippen LogP contribution in [0, 0.1) is 0 Å². The highest BCUT2D eigenvalue weighted by Crippen LogP contribution is 2.25. The summed E-state index contributed by atoms with van der Waals surface area (Å²) in [5.74, 6) is -6.14. The fourth-order valence-electron chi connectivity index (χ4n) is 7.80. The van der Waals surface area contributed by atoms with Crippen molar-refractivity contribution >= 4 is 64.1 Å². The van der Waals surface area contributed by atoms with E-state index >= 15 is 0 Å². The summed E-state index contributed by atoms with van der Waals surface area (Å²) in [7, 11) is 0. The smallest absolute Gasteiger partial charge is 0.243 e. The number of aliphatic imine (C=N–C) groups is 1. The molecule has 14 N–H and O–H groups in total. The van der Waals surface area contributed by atoms with Gasteiger partial charge in [0, 0.05) is 62.9 Å². The average Bonchev–Trinajstić information content (AvgIpc) is 3.71. The standard InChI is InChI=1S/C47H60N12O8/c1-28(60)55-38-25-41(62)54-27-39(42(48)63)59-46(67)37(24-32-26-53-34-16-9-8-15-33(32)34)58-44(65)35(17-10-21-52-47(49)50)57-45(66)36(23-29-11-4-2-5-12-29)56-40(61)19-18-31(20-22-51-43(38)64)30-13-6-3-7-14-30/h2-9,11-16,26,31,35-39,53H,10,17-25,27H2,1H3,(H2,48,63)(H,51,64)(H,54,62)(H,55,60)(H,56,61)(H,57,66)(H,58,65)(H,59,67)(H4,49,50,52)/t31-,35-,36+,37-,38-,39-/m0/s1. The molecular weight excluding hydrogens is 861 g/mol. The molecule has 0 spiro atoms. The normalized spacial score (nSPS) is 22.0. The van der Waals surface area contributed by atoms with Crippen LogP contribution >= 0.6 is 0 Å². The number of carbonyl (C=O) groups excluding carboxylic acids is 8. The minimum absolute atomic E-state index is 0.00645. The van der Waals surface area contributed by atoms with Gasteiger partial charge in [-0.05, 0) is 54.4 Å². The maximum atomic E-state index is 14.4. The van der Waals surface area contributed by atoms with Crippen LogP contribution in [0.2, 0.25) is 0 Å². The van der Waals surface area contributed by atoms with Gasteiger partial charge >= 0.3 is 0 Å². The van der Waals surface area contributed by atoms with Gasteiger partial charge in [0.25, 0.3) is 0 Å². The summed E-state index contributed by atoms with van der Waals surface area (Å²) in [6.07, 6.45) is 2.03. The molecule has 1 fully saturated rings. The van der Waals surface area contributed by atoms with Crippen molar-refractivity contribution in [3.05, 3.63) is 108 Å². The summed E-state index contributed by atoms with van der Waals surface area (Å²) in [5, 5.41) is 19.5. The van der Waals surface area contributed by atoms with E-state index in [1.165, 1.54) is 6.92 Å². The Balaban J connectivity index is 1.51. The first-order valence-electron chi connectivity index (χ1n) is 22.2. The van der Waals surface area contributed by atoms with Crippen LogP contribution in [0.1, 0.15) is 68.1 Å². The van der Waals surface area contributed by atoms with E-state index in [0.29, 0.717) is 18.4 Å². The third-order valence-electron chi connectivity index (χ3n) is 11.3. The Labute approximate surface area is 387 Å². The number of guanidine groups is 1. The van der Waals surface area contributed by atoms with Crippen molar-refractivity contribution in [1.29, 1.82) is 0 Å². The molecule has 0 bridgehead atoms. The van der Waals surface area contributed by atoms with Gasteiger partial charge in [0.15, 0.2) is 5.96 Å². The Morgan fingerprint density at radius 2 is 1.34 bits per heavy atom. The number of hydrogen-bond donors (Lipinski definition) is 11. The number of nitrogens with two attached hydrogens (primary N) is 3. The van der Waals surface area contributed by atoms with Gasteiger partial charge in [-0.25, -0.2) is 0 Å². The number of fused-ring (bicyclic) bond motifs is 1. The fraction of sp³-hybridized carbons (Fsp3) is 0.383. The van der Waals surface area contributed by atoms with Crippen molar-refractivity contribution in [2.45, 2.75) is 94.4 Å². The highest BCUT2D eigenvalue weighted by atomic mass is 16.2. The number of H-pyrrole nitrogens is 1. The highest BCUT2D eigenvalue weighted by Gasteiger charge is 2.33. The molecule has 4 aromatic rings. The average molecular weight is 921 g/mol. The number of primary amides is 1. The Bertz CT molecular complexity index is 2390. The van der Waals surface area contributed by atoms with Crippen LogP contribution in [0.25, 0.3) is 10.9 Å². The van der Waals surface area contributed by atoms with Crippen LogP contribution in [0.5, 0.6) is 0 Å². The zero-order chi connectivity index (χ0) is 48.3. The highest BCUT2D eigenvalue weighted by molar-refractivity contribution is 5.97. The lowest BCUT2D eigenvalue weighted by molar-refractivity contribution is -0.134. The van der Waals surface area contributed by atoms with Gasteiger partial charge in [0.05, 0.1) is 6.42 Å². The summed E-state index contributed by atoms with van der Waals surface area (Å²) >= 11 is 0.